The van der Waals surface area contributed by atoms with Gasteiger partial charge in [-0.15, -0.1) is 0 Å². The molecule has 0 saturated carbocycles. The van der Waals surface area contributed by atoms with E-state index in [-0.39, 0.29) is 18.4 Å². The molecule has 2 N–H and O–H groups in total. The number of carbonyl (C=O) groups excluding carboxylic acids is 1. The summed E-state index contributed by atoms with van der Waals surface area (Å²) in [5, 5.41) is 12.2. The second-order valence-corrected chi connectivity index (χ2v) is 4.99. The molecule has 1 aliphatic heterocycles. The summed E-state index contributed by atoms with van der Waals surface area (Å²) < 4.78 is 5.31. The van der Waals surface area contributed by atoms with Gasteiger partial charge in [0, 0.05) is 17.2 Å². The first-order valence-electron chi connectivity index (χ1n) is 6.48. The van der Waals surface area contributed by atoms with Crippen molar-refractivity contribution in [2.45, 2.75) is 12.8 Å². The monoisotopic (exact) mass is 293 g/mol. The Balaban J connectivity index is 2.13. The minimum absolute atomic E-state index is 0.0703. The summed E-state index contributed by atoms with van der Waals surface area (Å²) in [6.07, 6.45) is 1.73. The highest BCUT2D eigenvalue weighted by Gasteiger charge is 2.22. The van der Waals surface area contributed by atoms with E-state index in [4.69, 9.17) is 21.4 Å². The fraction of sp³-hybridized carbons (Fsp3) is 0.400. The Morgan fingerprint density at radius 2 is 2.40 bits per heavy atom. The van der Waals surface area contributed by atoms with Gasteiger partial charge in [-0.2, -0.15) is 0 Å². The Hall–Kier alpha value is -1.54. The van der Waals surface area contributed by atoms with Gasteiger partial charge in [-0.25, -0.2) is 0 Å². The average Bonchev–Trinajstić information content (AvgIpc) is 2.48. The van der Waals surface area contributed by atoms with Crippen molar-refractivity contribution < 1.29 is 14.6 Å². The maximum Gasteiger partial charge on any atom is 0.229 e. The molecule has 1 amide bonds. The Morgan fingerprint density at radius 3 is 3.10 bits per heavy atom. The molecule has 4 nitrogen and oxygen atoms in total. The van der Waals surface area contributed by atoms with Crippen LogP contribution < -0.4 is 5.32 Å². The van der Waals surface area contributed by atoms with Crippen molar-refractivity contribution in [3.63, 3.8) is 0 Å². The molecule has 1 aromatic rings. The van der Waals surface area contributed by atoms with Crippen LogP contribution in [0.2, 0.25) is 5.02 Å². The third-order valence-corrected chi connectivity index (χ3v) is 3.31. The third kappa shape index (κ3) is 3.97. The van der Waals surface area contributed by atoms with Gasteiger partial charge in [-0.3, -0.25) is 4.79 Å². The number of carbonyl (C=O) groups is 1. The summed E-state index contributed by atoms with van der Waals surface area (Å²) in [6, 6.07) is 5.07. The Labute approximate surface area is 123 Å². The number of amides is 1. The van der Waals surface area contributed by atoms with Gasteiger partial charge >= 0.3 is 0 Å². The number of hydrogen-bond acceptors (Lipinski definition) is 3. The van der Waals surface area contributed by atoms with Crippen molar-refractivity contribution in [1.29, 1.82) is 0 Å². The number of aliphatic hydroxyl groups excluding tert-OH is 1. The van der Waals surface area contributed by atoms with Crippen molar-refractivity contribution in [2.75, 3.05) is 25.1 Å². The topological polar surface area (TPSA) is 58.6 Å². The van der Waals surface area contributed by atoms with Crippen molar-refractivity contribution in [2.24, 2.45) is 5.92 Å². The van der Waals surface area contributed by atoms with Gasteiger partial charge in [0.1, 0.15) is 6.61 Å². The Bertz CT molecular complexity index is 542. The number of rotatable bonds is 2. The molecule has 0 bridgehead atoms. The maximum absolute atomic E-state index is 12.2. The lowest BCUT2D eigenvalue weighted by atomic mass is 10.0. The standard InChI is InChI=1S/C15H16ClNO3/c16-13-5-6-14(11(9-13)3-1-7-18)17-15(19)12-4-2-8-20-10-12/h5-6,9,12,18H,2,4,7-8,10H2,(H,17,19). The van der Waals surface area contributed by atoms with Gasteiger partial charge in [0.15, 0.2) is 0 Å². The molecular weight excluding hydrogens is 278 g/mol. The normalized spacial score (nSPS) is 18.0. The average molecular weight is 294 g/mol. The minimum atomic E-state index is -0.240. The van der Waals surface area contributed by atoms with Crippen LogP contribution in [0.1, 0.15) is 18.4 Å². The number of aliphatic hydroxyl groups is 1. The van der Waals surface area contributed by atoms with E-state index >= 15 is 0 Å². The Kier molecular flexibility index (Phi) is 5.42. The lowest BCUT2D eigenvalue weighted by Gasteiger charge is -2.21. The van der Waals surface area contributed by atoms with Crippen molar-refractivity contribution in [3.8, 4) is 11.8 Å². The van der Waals surface area contributed by atoms with Crippen molar-refractivity contribution >= 4 is 23.2 Å². The maximum atomic E-state index is 12.2. The number of nitrogens with one attached hydrogen (secondary N) is 1. The van der Waals surface area contributed by atoms with E-state index in [1.165, 1.54) is 0 Å². The Morgan fingerprint density at radius 1 is 1.55 bits per heavy atom. The largest absolute Gasteiger partial charge is 0.384 e. The number of hydrogen-bond donors (Lipinski definition) is 2. The molecule has 106 valence electrons. The zero-order valence-electron chi connectivity index (χ0n) is 11.0. The molecule has 1 aliphatic rings. The van der Waals surface area contributed by atoms with Gasteiger partial charge in [-0.1, -0.05) is 23.4 Å². The van der Waals surface area contributed by atoms with Crippen molar-refractivity contribution in [3.05, 3.63) is 28.8 Å². The van der Waals surface area contributed by atoms with Crippen LogP contribution in [0.5, 0.6) is 0 Å². The first-order chi connectivity index (χ1) is 9.70. The molecule has 1 heterocycles. The second-order valence-electron chi connectivity index (χ2n) is 4.55. The number of anilines is 1. The first kappa shape index (κ1) is 14.9. The predicted molar refractivity (Wildman–Crippen MR) is 77.6 cm³/mol. The molecule has 1 atom stereocenters. The number of halogens is 1. The summed E-state index contributed by atoms with van der Waals surface area (Å²) in [4.78, 5) is 12.2. The highest BCUT2D eigenvalue weighted by Crippen LogP contribution is 2.22. The van der Waals surface area contributed by atoms with Crippen LogP contribution in [0.15, 0.2) is 18.2 Å². The molecule has 0 aromatic heterocycles. The van der Waals surface area contributed by atoms with Crippen LogP contribution in [0.25, 0.3) is 0 Å². The predicted octanol–water partition coefficient (Wildman–Crippen LogP) is 2.05. The molecule has 1 unspecified atom stereocenters. The van der Waals surface area contributed by atoms with Crippen LogP contribution in [-0.2, 0) is 9.53 Å². The van der Waals surface area contributed by atoms with Gasteiger partial charge in [0.05, 0.1) is 18.2 Å². The molecule has 5 heteroatoms. The molecular formula is C15H16ClNO3. The third-order valence-electron chi connectivity index (χ3n) is 3.07. The lowest BCUT2D eigenvalue weighted by Crippen LogP contribution is -2.30. The molecule has 2 rings (SSSR count). The van der Waals surface area contributed by atoms with E-state index in [0.29, 0.717) is 22.9 Å². The van der Waals surface area contributed by atoms with Crippen molar-refractivity contribution in [1.82, 2.24) is 0 Å². The summed E-state index contributed by atoms with van der Waals surface area (Å²) in [5.41, 5.74) is 1.20. The lowest BCUT2D eigenvalue weighted by molar-refractivity contribution is -0.123. The smallest absolute Gasteiger partial charge is 0.229 e. The van der Waals surface area contributed by atoms with Crippen LogP contribution in [-0.4, -0.2) is 30.8 Å². The SMILES string of the molecule is O=C(Nc1ccc(Cl)cc1C#CCO)C1CCCOC1. The molecule has 1 fully saturated rings. The van der Waals surface area contributed by atoms with Gasteiger partial charge in [0.25, 0.3) is 0 Å². The van der Waals surface area contributed by atoms with E-state index in [0.717, 1.165) is 19.4 Å². The highest BCUT2D eigenvalue weighted by atomic mass is 35.5. The van der Waals surface area contributed by atoms with E-state index in [2.05, 4.69) is 17.2 Å². The molecule has 1 saturated heterocycles. The fourth-order valence-corrected chi connectivity index (χ4v) is 2.22. The van der Waals surface area contributed by atoms with Gasteiger partial charge in [-0.05, 0) is 31.0 Å². The fourth-order valence-electron chi connectivity index (χ4n) is 2.05. The summed E-state index contributed by atoms with van der Waals surface area (Å²) >= 11 is 5.92. The molecule has 1 aromatic carbocycles. The van der Waals surface area contributed by atoms with Crippen LogP contribution in [0.4, 0.5) is 5.69 Å². The van der Waals surface area contributed by atoms with E-state index in [9.17, 15) is 4.79 Å². The summed E-state index contributed by atoms with van der Waals surface area (Å²) in [7, 11) is 0. The molecule has 20 heavy (non-hydrogen) atoms. The summed E-state index contributed by atoms with van der Waals surface area (Å²) in [5.74, 6) is 5.14. The minimum Gasteiger partial charge on any atom is -0.384 e. The number of benzene rings is 1. The quantitative estimate of drug-likeness (QED) is 0.821. The zero-order valence-corrected chi connectivity index (χ0v) is 11.7. The molecule has 0 spiro atoms. The van der Waals surface area contributed by atoms with Gasteiger partial charge < -0.3 is 15.2 Å². The zero-order chi connectivity index (χ0) is 14.4. The molecule has 0 aliphatic carbocycles. The summed E-state index contributed by atoms with van der Waals surface area (Å²) in [6.45, 7) is 0.936. The van der Waals surface area contributed by atoms with E-state index in [1.807, 2.05) is 0 Å². The van der Waals surface area contributed by atoms with E-state index < -0.39 is 0 Å². The van der Waals surface area contributed by atoms with Crippen LogP contribution in [0, 0.1) is 17.8 Å². The van der Waals surface area contributed by atoms with E-state index in [1.54, 1.807) is 18.2 Å². The highest BCUT2D eigenvalue weighted by molar-refractivity contribution is 6.30. The van der Waals surface area contributed by atoms with Gasteiger partial charge in [0.2, 0.25) is 5.91 Å². The first-order valence-corrected chi connectivity index (χ1v) is 6.86. The van der Waals surface area contributed by atoms with Crippen LogP contribution >= 0.6 is 11.6 Å². The second kappa shape index (κ2) is 7.30. The number of ether oxygens (including phenoxy) is 1. The van der Waals surface area contributed by atoms with Crippen LogP contribution in [0.3, 0.4) is 0 Å². The molecule has 0 radical (unpaired) electrons.